The molecule has 0 saturated heterocycles. The quantitative estimate of drug-likeness (QED) is 0.855. The van der Waals surface area contributed by atoms with Crippen molar-refractivity contribution in [1.82, 2.24) is 5.43 Å². The third-order valence-electron chi connectivity index (χ3n) is 4.76. The Hall–Kier alpha value is -2.68. The molecule has 0 aromatic heterocycles. The Balaban J connectivity index is 2.00. The molecule has 0 saturated carbocycles. The van der Waals surface area contributed by atoms with Crippen LogP contribution in [0, 0.1) is 5.41 Å². The second-order valence-electron chi connectivity index (χ2n) is 6.65. The van der Waals surface area contributed by atoms with E-state index in [-0.39, 0.29) is 17.1 Å². The van der Waals surface area contributed by atoms with Gasteiger partial charge in [0.1, 0.15) is 0 Å². The number of rotatable bonds is 4. The van der Waals surface area contributed by atoms with E-state index in [0.717, 1.165) is 22.5 Å². The van der Waals surface area contributed by atoms with Crippen LogP contribution in [0.5, 0.6) is 0 Å². The molecular formula is C21H22N2O. The van der Waals surface area contributed by atoms with E-state index in [4.69, 9.17) is 0 Å². The molecule has 1 aliphatic heterocycles. The predicted molar refractivity (Wildman–Crippen MR) is 97.8 cm³/mol. The lowest BCUT2D eigenvalue weighted by atomic mass is 9.82. The maximum Gasteiger partial charge on any atom is 0.169 e. The molecule has 0 aliphatic carbocycles. The van der Waals surface area contributed by atoms with Gasteiger partial charge in [-0.05, 0) is 31.9 Å². The van der Waals surface area contributed by atoms with Gasteiger partial charge in [-0.15, -0.1) is 0 Å². The molecule has 0 amide bonds. The number of nitrogens with one attached hydrogen (secondary N) is 1. The summed E-state index contributed by atoms with van der Waals surface area (Å²) in [7, 11) is 0. The zero-order valence-electron chi connectivity index (χ0n) is 14.3. The van der Waals surface area contributed by atoms with Crippen molar-refractivity contribution in [2.75, 3.05) is 0 Å². The van der Waals surface area contributed by atoms with E-state index in [1.807, 2.05) is 67.6 Å². The van der Waals surface area contributed by atoms with Crippen LogP contribution >= 0.6 is 0 Å². The highest BCUT2D eigenvalue weighted by Crippen LogP contribution is 2.32. The average molecular weight is 318 g/mol. The van der Waals surface area contributed by atoms with E-state index in [1.54, 1.807) is 6.08 Å². The van der Waals surface area contributed by atoms with Gasteiger partial charge in [0.15, 0.2) is 5.78 Å². The van der Waals surface area contributed by atoms with Crippen LogP contribution in [0.25, 0.3) is 0 Å². The minimum Gasteiger partial charge on any atom is -0.294 e. The van der Waals surface area contributed by atoms with Gasteiger partial charge in [-0.1, -0.05) is 60.7 Å². The van der Waals surface area contributed by atoms with Crippen LogP contribution in [0.4, 0.5) is 0 Å². The molecule has 2 aromatic carbocycles. The van der Waals surface area contributed by atoms with Crippen molar-refractivity contribution in [1.29, 1.82) is 0 Å². The highest BCUT2D eigenvalue weighted by molar-refractivity contribution is 6.01. The van der Waals surface area contributed by atoms with E-state index < -0.39 is 0 Å². The first-order valence-electron chi connectivity index (χ1n) is 8.17. The van der Waals surface area contributed by atoms with Gasteiger partial charge in [0.25, 0.3) is 0 Å². The van der Waals surface area contributed by atoms with Crippen molar-refractivity contribution >= 4 is 11.5 Å². The highest BCUT2D eigenvalue weighted by atomic mass is 16.1. The molecule has 3 heteroatoms. The van der Waals surface area contributed by atoms with Gasteiger partial charge in [-0.25, -0.2) is 0 Å². The fourth-order valence-electron chi connectivity index (χ4n) is 2.87. The number of nitrogens with zero attached hydrogens (tertiary/aromatic N) is 1. The highest BCUT2D eigenvalue weighted by Gasteiger charge is 2.33. The molecule has 1 heterocycles. The van der Waals surface area contributed by atoms with Crippen molar-refractivity contribution in [2.45, 2.75) is 26.7 Å². The molecule has 0 fully saturated rings. The fourth-order valence-corrected chi connectivity index (χ4v) is 2.87. The predicted octanol–water partition coefficient (Wildman–Crippen LogP) is 4.28. The van der Waals surface area contributed by atoms with Gasteiger partial charge in [0.05, 0.1) is 5.92 Å². The first kappa shape index (κ1) is 16.2. The maximum atomic E-state index is 13.1. The molecule has 2 aromatic rings. The summed E-state index contributed by atoms with van der Waals surface area (Å²) in [5.74, 6) is -0.244. The standard InChI is InChI=1S/C21H22N2O/c1-15-21(2,3)19(23-22-15)14-18(24)20(16-10-6-4-7-11-16)17-12-8-5-9-13-17/h4-14,20,23H,1-3H3/b19-14+. The summed E-state index contributed by atoms with van der Waals surface area (Å²) in [6.45, 7) is 6.13. The molecule has 0 unspecified atom stereocenters. The molecule has 122 valence electrons. The van der Waals surface area contributed by atoms with Crippen molar-refractivity contribution in [3.05, 3.63) is 83.6 Å². The van der Waals surface area contributed by atoms with Gasteiger partial charge in [-0.3, -0.25) is 10.2 Å². The molecule has 0 bridgehead atoms. The Morgan fingerprint density at radius 3 is 1.92 bits per heavy atom. The number of carbonyl (C=O) groups excluding carboxylic acids is 1. The molecule has 0 atom stereocenters. The van der Waals surface area contributed by atoms with Crippen LogP contribution in [0.1, 0.15) is 37.8 Å². The van der Waals surface area contributed by atoms with Crippen LogP contribution < -0.4 is 5.43 Å². The summed E-state index contributed by atoms with van der Waals surface area (Å²) in [6, 6.07) is 19.8. The van der Waals surface area contributed by atoms with Crippen molar-refractivity contribution < 1.29 is 4.79 Å². The van der Waals surface area contributed by atoms with E-state index in [9.17, 15) is 4.79 Å². The lowest BCUT2D eigenvalue weighted by molar-refractivity contribution is -0.115. The third-order valence-corrected chi connectivity index (χ3v) is 4.76. The Morgan fingerprint density at radius 1 is 1.00 bits per heavy atom. The lowest BCUT2D eigenvalue weighted by Gasteiger charge is -2.21. The first-order valence-corrected chi connectivity index (χ1v) is 8.17. The number of hydrazone groups is 1. The maximum absolute atomic E-state index is 13.1. The van der Waals surface area contributed by atoms with E-state index >= 15 is 0 Å². The zero-order chi connectivity index (χ0) is 17.2. The van der Waals surface area contributed by atoms with E-state index in [2.05, 4.69) is 24.4 Å². The molecule has 1 N–H and O–H groups in total. The van der Waals surface area contributed by atoms with Crippen LogP contribution in [0.15, 0.2) is 77.5 Å². The Morgan fingerprint density at radius 2 is 1.50 bits per heavy atom. The van der Waals surface area contributed by atoms with Crippen molar-refractivity contribution in [2.24, 2.45) is 10.5 Å². The van der Waals surface area contributed by atoms with Crippen LogP contribution in [-0.4, -0.2) is 11.5 Å². The topological polar surface area (TPSA) is 41.5 Å². The van der Waals surface area contributed by atoms with Gasteiger partial charge in [0.2, 0.25) is 0 Å². The zero-order valence-corrected chi connectivity index (χ0v) is 14.3. The summed E-state index contributed by atoms with van der Waals surface area (Å²) in [5.41, 5.74) is 6.60. The fraction of sp³-hybridized carbons (Fsp3) is 0.238. The molecule has 3 rings (SSSR count). The minimum atomic E-state index is -0.307. The van der Waals surface area contributed by atoms with Crippen molar-refractivity contribution in [3.63, 3.8) is 0 Å². The summed E-state index contributed by atoms with van der Waals surface area (Å²) in [4.78, 5) is 13.1. The largest absolute Gasteiger partial charge is 0.294 e. The van der Waals surface area contributed by atoms with E-state index in [0.29, 0.717) is 0 Å². The number of ketones is 1. The SMILES string of the molecule is CC1=NN/C(=C/C(=O)C(c2ccccc2)c2ccccc2)C1(C)C. The van der Waals surface area contributed by atoms with Crippen molar-refractivity contribution in [3.8, 4) is 0 Å². The lowest BCUT2D eigenvalue weighted by Crippen LogP contribution is -2.24. The minimum absolute atomic E-state index is 0.0628. The number of hydrogen-bond donors (Lipinski definition) is 1. The molecular weight excluding hydrogens is 296 g/mol. The van der Waals surface area contributed by atoms with Crippen LogP contribution in [0.3, 0.4) is 0 Å². The van der Waals surface area contributed by atoms with Crippen LogP contribution in [0.2, 0.25) is 0 Å². The average Bonchev–Trinajstić information content (AvgIpc) is 2.84. The number of carbonyl (C=O) groups is 1. The summed E-state index contributed by atoms with van der Waals surface area (Å²) < 4.78 is 0. The molecule has 1 aliphatic rings. The number of benzene rings is 2. The Bertz CT molecular complexity index is 750. The summed E-state index contributed by atoms with van der Waals surface area (Å²) in [6.07, 6.45) is 1.71. The Kier molecular flexibility index (Phi) is 4.34. The molecule has 3 nitrogen and oxygen atoms in total. The van der Waals surface area contributed by atoms with Gasteiger partial charge in [-0.2, -0.15) is 5.10 Å². The first-order chi connectivity index (χ1) is 11.5. The monoisotopic (exact) mass is 318 g/mol. The van der Waals surface area contributed by atoms with Gasteiger partial charge in [0, 0.05) is 22.9 Å². The van der Waals surface area contributed by atoms with Gasteiger partial charge < -0.3 is 0 Å². The van der Waals surface area contributed by atoms with Gasteiger partial charge >= 0.3 is 0 Å². The summed E-state index contributed by atoms with van der Waals surface area (Å²) in [5, 5.41) is 4.27. The Labute approximate surface area is 143 Å². The third kappa shape index (κ3) is 3.02. The normalized spacial score (nSPS) is 17.7. The smallest absolute Gasteiger partial charge is 0.169 e. The number of allylic oxidation sites excluding steroid dienone is 2. The molecule has 0 radical (unpaired) electrons. The molecule has 24 heavy (non-hydrogen) atoms. The van der Waals surface area contributed by atoms with Crippen LogP contribution in [-0.2, 0) is 4.79 Å². The second kappa shape index (κ2) is 6.44. The summed E-state index contributed by atoms with van der Waals surface area (Å²) >= 11 is 0. The molecule has 0 spiro atoms. The number of hydrogen-bond acceptors (Lipinski definition) is 3. The second-order valence-corrected chi connectivity index (χ2v) is 6.65. The van der Waals surface area contributed by atoms with E-state index in [1.165, 1.54) is 0 Å².